The van der Waals surface area contributed by atoms with Crippen molar-refractivity contribution in [1.29, 1.82) is 0 Å². The number of hydrogen-bond acceptors (Lipinski definition) is 4. The average Bonchev–Trinajstić information content (AvgIpc) is 2.88. The van der Waals surface area contributed by atoms with Gasteiger partial charge in [-0.3, -0.25) is 4.90 Å². The quantitative estimate of drug-likeness (QED) is 0.810. The number of rotatable bonds is 3. The summed E-state index contributed by atoms with van der Waals surface area (Å²) in [4.78, 5) is 9.43. The molecule has 0 N–H and O–H groups in total. The van der Waals surface area contributed by atoms with Gasteiger partial charge < -0.3 is 9.64 Å². The molecule has 1 aromatic heterocycles. The van der Waals surface area contributed by atoms with Gasteiger partial charge in [-0.05, 0) is 19.0 Å². The van der Waals surface area contributed by atoms with Crippen molar-refractivity contribution in [3.63, 3.8) is 0 Å². The van der Waals surface area contributed by atoms with E-state index in [0.717, 1.165) is 50.8 Å². The molecular formula is C14H21N3O. The number of ether oxygens (including phenoxy) is 1. The van der Waals surface area contributed by atoms with Crippen molar-refractivity contribution in [2.75, 3.05) is 44.2 Å². The molecule has 0 radical (unpaired) electrons. The van der Waals surface area contributed by atoms with Gasteiger partial charge in [-0.25, -0.2) is 4.98 Å². The zero-order chi connectivity index (χ0) is 12.4. The molecule has 98 valence electrons. The number of aromatic nitrogens is 1. The van der Waals surface area contributed by atoms with Crippen LogP contribution in [0.15, 0.2) is 12.3 Å². The lowest BCUT2D eigenvalue weighted by atomic mass is 10.2. The molecule has 0 amide bonds. The molecule has 0 spiro atoms. The highest BCUT2D eigenvalue weighted by Gasteiger charge is 2.24. The van der Waals surface area contributed by atoms with Crippen LogP contribution in [-0.4, -0.2) is 49.2 Å². The van der Waals surface area contributed by atoms with Crippen LogP contribution < -0.4 is 9.64 Å². The van der Waals surface area contributed by atoms with Crippen molar-refractivity contribution in [2.45, 2.75) is 19.8 Å². The molecule has 0 bridgehead atoms. The highest BCUT2D eigenvalue weighted by molar-refractivity contribution is 5.58. The van der Waals surface area contributed by atoms with E-state index in [4.69, 9.17) is 4.74 Å². The lowest BCUT2D eigenvalue weighted by molar-refractivity contribution is 0.256. The second kappa shape index (κ2) is 5.14. The number of fused-ring (bicyclic) bond motifs is 1. The average molecular weight is 247 g/mol. The molecule has 1 aromatic rings. The Morgan fingerprint density at radius 1 is 1.28 bits per heavy atom. The predicted octanol–water partition coefficient (Wildman–Crippen LogP) is 1.55. The Morgan fingerprint density at radius 3 is 2.89 bits per heavy atom. The summed E-state index contributed by atoms with van der Waals surface area (Å²) < 4.78 is 5.74. The highest BCUT2D eigenvalue weighted by atomic mass is 16.5. The maximum Gasteiger partial charge on any atom is 0.171 e. The van der Waals surface area contributed by atoms with Crippen molar-refractivity contribution in [1.82, 2.24) is 9.88 Å². The largest absolute Gasteiger partial charge is 0.489 e. The first kappa shape index (κ1) is 11.8. The molecule has 0 aliphatic carbocycles. The summed E-state index contributed by atoms with van der Waals surface area (Å²) in [6.45, 7) is 8.67. The molecule has 3 heterocycles. The summed E-state index contributed by atoms with van der Waals surface area (Å²) >= 11 is 0. The van der Waals surface area contributed by atoms with Gasteiger partial charge >= 0.3 is 0 Å². The molecule has 0 aromatic carbocycles. The second-order valence-electron chi connectivity index (χ2n) is 5.05. The summed E-state index contributed by atoms with van der Waals surface area (Å²) in [5, 5.41) is 0. The van der Waals surface area contributed by atoms with Crippen LogP contribution in [0.1, 0.15) is 18.9 Å². The molecule has 3 rings (SSSR count). The van der Waals surface area contributed by atoms with E-state index < -0.39 is 0 Å². The van der Waals surface area contributed by atoms with E-state index in [-0.39, 0.29) is 0 Å². The van der Waals surface area contributed by atoms with E-state index in [0.29, 0.717) is 0 Å². The molecule has 18 heavy (non-hydrogen) atoms. The van der Waals surface area contributed by atoms with Gasteiger partial charge in [0.25, 0.3) is 0 Å². The Balaban J connectivity index is 1.71. The predicted molar refractivity (Wildman–Crippen MR) is 72.4 cm³/mol. The maximum absolute atomic E-state index is 5.74. The monoisotopic (exact) mass is 247 g/mol. The van der Waals surface area contributed by atoms with Crippen LogP contribution in [0.2, 0.25) is 0 Å². The third kappa shape index (κ3) is 2.17. The van der Waals surface area contributed by atoms with Gasteiger partial charge in [-0.1, -0.05) is 6.92 Å². The molecular weight excluding hydrogens is 226 g/mol. The van der Waals surface area contributed by atoms with Gasteiger partial charge in [-0.2, -0.15) is 0 Å². The topological polar surface area (TPSA) is 28.6 Å². The van der Waals surface area contributed by atoms with E-state index >= 15 is 0 Å². The molecule has 1 saturated heterocycles. The highest BCUT2D eigenvalue weighted by Crippen LogP contribution is 2.34. The fraction of sp³-hybridized carbons (Fsp3) is 0.643. The standard InChI is InChI=1S/C14H21N3O/c1-2-6-16-7-9-17(10-8-16)14-13-12(3-5-15-14)4-11-18-13/h3,5H,2,4,6-11H2,1H3. The first-order valence-corrected chi connectivity index (χ1v) is 6.96. The van der Waals surface area contributed by atoms with E-state index in [2.05, 4.69) is 27.8 Å². The molecule has 0 unspecified atom stereocenters. The van der Waals surface area contributed by atoms with Gasteiger partial charge in [0.1, 0.15) is 0 Å². The van der Waals surface area contributed by atoms with E-state index in [9.17, 15) is 0 Å². The Hall–Kier alpha value is -1.29. The normalized spacial score (nSPS) is 19.7. The van der Waals surface area contributed by atoms with E-state index in [1.165, 1.54) is 18.5 Å². The molecule has 2 aliphatic rings. The summed E-state index contributed by atoms with van der Waals surface area (Å²) in [5.41, 5.74) is 1.32. The van der Waals surface area contributed by atoms with Crippen molar-refractivity contribution < 1.29 is 4.74 Å². The number of anilines is 1. The lowest BCUT2D eigenvalue weighted by Gasteiger charge is -2.35. The second-order valence-corrected chi connectivity index (χ2v) is 5.05. The SMILES string of the molecule is CCCN1CCN(c2nccc3c2OCC3)CC1. The number of pyridine rings is 1. The van der Waals surface area contributed by atoms with Crippen LogP contribution in [0.3, 0.4) is 0 Å². The smallest absolute Gasteiger partial charge is 0.171 e. The van der Waals surface area contributed by atoms with Crippen LogP contribution in [-0.2, 0) is 6.42 Å². The minimum Gasteiger partial charge on any atom is -0.489 e. The van der Waals surface area contributed by atoms with Gasteiger partial charge in [0, 0.05) is 44.4 Å². The Kier molecular flexibility index (Phi) is 3.37. The molecule has 1 fully saturated rings. The zero-order valence-electron chi connectivity index (χ0n) is 11.1. The summed E-state index contributed by atoms with van der Waals surface area (Å²) in [6, 6.07) is 2.08. The van der Waals surface area contributed by atoms with Crippen LogP contribution >= 0.6 is 0 Å². The van der Waals surface area contributed by atoms with Crippen LogP contribution in [0, 0.1) is 0 Å². The van der Waals surface area contributed by atoms with Gasteiger partial charge in [0.2, 0.25) is 0 Å². The maximum atomic E-state index is 5.74. The molecule has 4 heteroatoms. The van der Waals surface area contributed by atoms with Crippen LogP contribution in [0.25, 0.3) is 0 Å². The van der Waals surface area contributed by atoms with Crippen molar-refractivity contribution in [3.8, 4) is 5.75 Å². The molecule has 2 aliphatic heterocycles. The van der Waals surface area contributed by atoms with Crippen LogP contribution in [0.4, 0.5) is 5.82 Å². The minimum atomic E-state index is 0.809. The Labute approximate surface area is 109 Å². The number of nitrogens with zero attached hydrogens (tertiary/aromatic N) is 3. The van der Waals surface area contributed by atoms with Crippen molar-refractivity contribution >= 4 is 5.82 Å². The first-order chi connectivity index (χ1) is 8.88. The number of hydrogen-bond donors (Lipinski definition) is 0. The third-order valence-electron chi connectivity index (χ3n) is 3.80. The lowest BCUT2D eigenvalue weighted by Crippen LogP contribution is -2.46. The summed E-state index contributed by atoms with van der Waals surface area (Å²) in [6.07, 6.45) is 4.18. The van der Waals surface area contributed by atoms with Crippen molar-refractivity contribution in [2.24, 2.45) is 0 Å². The van der Waals surface area contributed by atoms with Gasteiger partial charge in [-0.15, -0.1) is 0 Å². The Bertz CT molecular complexity index is 414. The molecule has 0 atom stereocenters. The summed E-state index contributed by atoms with van der Waals surface area (Å²) in [5.74, 6) is 2.09. The molecule has 0 saturated carbocycles. The zero-order valence-corrected chi connectivity index (χ0v) is 11.1. The number of piperazine rings is 1. The van der Waals surface area contributed by atoms with E-state index in [1.807, 2.05) is 6.20 Å². The first-order valence-electron chi connectivity index (χ1n) is 6.96. The summed E-state index contributed by atoms with van der Waals surface area (Å²) in [7, 11) is 0. The van der Waals surface area contributed by atoms with Gasteiger partial charge in [0.15, 0.2) is 11.6 Å². The van der Waals surface area contributed by atoms with E-state index in [1.54, 1.807) is 0 Å². The van der Waals surface area contributed by atoms with Crippen LogP contribution in [0.5, 0.6) is 5.75 Å². The Morgan fingerprint density at radius 2 is 2.11 bits per heavy atom. The third-order valence-corrected chi connectivity index (χ3v) is 3.80. The fourth-order valence-corrected chi connectivity index (χ4v) is 2.82. The minimum absolute atomic E-state index is 0.809. The fourth-order valence-electron chi connectivity index (χ4n) is 2.82. The van der Waals surface area contributed by atoms with Gasteiger partial charge in [0.05, 0.1) is 6.61 Å². The van der Waals surface area contributed by atoms with Crippen molar-refractivity contribution in [3.05, 3.63) is 17.8 Å². The molecule has 4 nitrogen and oxygen atoms in total.